The fourth-order valence-electron chi connectivity index (χ4n) is 3.62. The van der Waals surface area contributed by atoms with E-state index in [9.17, 15) is 4.79 Å². The molecule has 1 aliphatic rings. The van der Waals surface area contributed by atoms with E-state index in [0.29, 0.717) is 16.5 Å². The van der Waals surface area contributed by atoms with Crippen LogP contribution in [0.2, 0.25) is 0 Å². The minimum absolute atomic E-state index is 0.209. The summed E-state index contributed by atoms with van der Waals surface area (Å²) in [4.78, 5) is 29.1. The highest BCUT2D eigenvalue weighted by Gasteiger charge is 2.18. The number of anilines is 3. The number of halogens is 1. The van der Waals surface area contributed by atoms with Gasteiger partial charge in [0.25, 0.3) is 5.91 Å². The third kappa shape index (κ3) is 4.52. The van der Waals surface area contributed by atoms with E-state index in [-0.39, 0.29) is 5.91 Å². The van der Waals surface area contributed by atoms with Crippen LogP contribution >= 0.6 is 34.2 Å². The molecule has 8 nitrogen and oxygen atoms in total. The molecule has 3 aromatic heterocycles. The molecule has 1 aliphatic heterocycles. The highest BCUT2D eigenvalue weighted by Crippen LogP contribution is 2.30. The Kier molecular flexibility index (Phi) is 5.89. The highest BCUT2D eigenvalue weighted by molar-refractivity contribution is 14.1. The zero-order chi connectivity index (χ0) is 22.1. The summed E-state index contributed by atoms with van der Waals surface area (Å²) in [5.74, 6) is 1.11. The highest BCUT2D eigenvalue weighted by atomic mass is 127. The molecule has 0 unspecified atom stereocenters. The van der Waals surface area contributed by atoms with Gasteiger partial charge >= 0.3 is 0 Å². The normalized spacial score (nSPS) is 14.6. The second kappa shape index (κ2) is 8.96. The molecule has 4 aromatic rings. The average Bonchev–Trinajstić information content (AvgIpc) is 3.25. The monoisotopic (exact) mass is 557 g/mol. The van der Waals surface area contributed by atoms with Crippen LogP contribution in [0.15, 0.2) is 55.0 Å². The average molecular weight is 557 g/mol. The maximum Gasteiger partial charge on any atom is 0.257 e. The maximum atomic E-state index is 12.9. The number of benzene rings is 1. The number of aromatic nitrogens is 3. The van der Waals surface area contributed by atoms with Crippen molar-refractivity contribution < 1.29 is 4.79 Å². The van der Waals surface area contributed by atoms with Gasteiger partial charge in [0.05, 0.1) is 4.88 Å². The van der Waals surface area contributed by atoms with Gasteiger partial charge in [0.15, 0.2) is 5.13 Å². The molecule has 3 N–H and O–H groups in total. The van der Waals surface area contributed by atoms with Crippen molar-refractivity contribution in [3.8, 4) is 10.4 Å². The standard InChI is InChI=1S/C22H20IN7OS/c23-30-7-5-29(6-8-30)20-11-15(3-4-25-20)21(31)28-19-10-17-9-14(1-2-16(17)12-26-19)18-13-27-22(24)32-18/h1-4,9-13H,5-8H2,(H2,24,27)(H,26,28,31). The predicted molar refractivity (Wildman–Crippen MR) is 137 cm³/mol. The molecule has 5 rings (SSSR count). The number of nitrogen functional groups attached to an aromatic ring is 1. The minimum atomic E-state index is -0.209. The van der Waals surface area contributed by atoms with Crippen LogP contribution in [0.1, 0.15) is 10.4 Å². The van der Waals surface area contributed by atoms with Gasteiger partial charge in [-0.3, -0.25) is 4.79 Å². The lowest BCUT2D eigenvalue weighted by Crippen LogP contribution is -2.42. The summed E-state index contributed by atoms with van der Waals surface area (Å²) in [6, 6.07) is 11.5. The first kappa shape index (κ1) is 21.0. The molecule has 0 saturated carbocycles. The van der Waals surface area contributed by atoms with Crippen LogP contribution in [0.4, 0.5) is 16.8 Å². The summed E-state index contributed by atoms with van der Waals surface area (Å²) < 4.78 is 2.26. The lowest BCUT2D eigenvalue weighted by atomic mass is 10.1. The summed E-state index contributed by atoms with van der Waals surface area (Å²) in [7, 11) is 0. The Labute approximate surface area is 203 Å². The Hall–Kier alpha value is -2.83. The zero-order valence-electron chi connectivity index (χ0n) is 17.0. The van der Waals surface area contributed by atoms with Gasteiger partial charge in [-0.2, -0.15) is 0 Å². The van der Waals surface area contributed by atoms with Gasteiger partial charge in [-0.1, -0.05) is 23.5 Å². The van der Waals surface area contributed by atoms with Crippen LogP contribution < -0.4 is 16.0 Å². The number of hydrogen-bond donors (Lipinski definition) is 2. The fourth-order valence-corrected chi connectivity index (χ4v) is 4.73. The van der Waals surface area contributed by atoms with E-state index in [1.165, 1.54) is 11.3 Å². The molecular formula is C22H20IN7OS. The van der Waals surface area contributed by atoms with Crippen LogP contribution in [-0.2, 0) is 0 Å². The van der Waals surface area contributed by atoms with Gasteiger partial charge in [0.2, 0.25) is 0 Å². The van der Waals surface area contributed by atoms with Gasteiger partial charge in [-0.05, 0) is 35.2 Å². The summed E-state index contributed by atoms with van der Waals surface area (Å²) in [5, 5.41) is 5.42. The molecule has 162 valence electrons. The Bertz CT molecular complexity index is 1290. The maximum absolute atomic E-state index is 12.9. The Balaban J connectivity index is 1.36. The Morgan fingerprint density at radius 2 is 1.84 bits per heavy atom. The van der Waals surface area contributed by atoms with Gasteiger partial charge < -0.3 is 16.0 Å². The number of nitrogens with one attached hydrogen (secondary N) is 1. The number of rotatable bonds is 4. The number of carbonyl (C=O) groups is 1. The topological polar surface area (TPSA) is 100 Å². The van der Waals surface area contributed by atoms with E-state index >= 15 is 0 Å². The number of pyridine rings is 2. The number of thiazole rings is 1. The summed E-state index contributed by atoms with van der Waals surface area (Å²) in [6.45, 7) is 3.72. The third-order valence-electron chi connectivity index (χ3n) is 5.33. The molecule has 1 fully saturated rings. The number of piperazine rings is 1. The summed E-state index contributed by atoms with van der Waals surface area (Å²) in [6.07, 6.45) is 5.21. The molecule has 0 radical (unpaired) electrons. The van der Waals surface area contributed by atoms with E-state index in [1.54, 1.807) is 24.7 Å². The van der Waals surface area contributed by atoms with Crippen LogP contribution in [0.3, 0.4) is 0 Å². The first-order valence-electron chi connectivity index (χ1n) is 10.1. The predicted octanol–water partition coefficient (Wildman–Crippen LogP) is 4.06. The van der Waals surface area contributed by atoms with Gasteiger partial charge in [0.1, 0.15) is 11.6 Å². The van der Waals surface area contributed by atoms with Gasteiger partial charge in [-0.25, -0.2) is 18.1 Å². The van der Waals surface area contributed by atoms with E-state index in [0.717, 1.165) is 53.2 Å². The van der Waals surface area contributed by atoms with Crippen molar-refractivity contribution in [1.82, 2.24) is 18.1 Å². The molecule has 0 spiro atoms. The molecule has 1 aromatic carbocycles. The molecule has 32 heavy (non-hydrogen) atoms. The largest absolute Gasteiger partial charge is 0.375 e. The molecule has 4 heterocycles. The molecule has 1 amide bonds. The zero-order valence-corrected chi connectivity index (χ0v) is 20.0. The van der Waals surface area contributed by atoms with E-state index in [2.05, 4.69) is 57.2 Å². The Morgan fingerprint density at radius 3 is 2.62 bits per heavy atom. The summed E-state index contributed by atoms with van der Waals surface area (Å²) in [5.41, 5.74) is 7.35. The van der Waals surface area contributed by atoms with Crippen molar-refractivity contribution in [2.24, 2.45) is 0 Å². The van der Waals surface area contributed by atoms with E-state index < -0.39 is 0 Å². The van der Waals surface area contributed by atoms with Crippen LogP contribution in [0, 0.1) is 0 Å². The summed E-state index contributed by atoms with van der Waals surface area (Å²) >= 11 is 3.78. The lowest BCUT2D eigenvalue weighted by molar-refractivity contribution is 0.102. The second-order valence-electron chi connectivity index (χ2n) is 7.45. The molecule has 10 heteroatoms. The van der Waals surface area contributed by atoms with Crippen LogP contribution in [0.25, 0.3) is 21.2 Å². The van der Waals surface area contributed by atoms with Gasteiger partial charge in [-0.15, -0.1) is 0 Å². The first-order chi connectivity index (χ1) is 15.5. The van der Waals surface area contributed by atoms with E-state index in [4.69, 9.17) is 5.73 Å². The lowest BCUT2D eigenvalue weighted by Gasteiger charge is -2.32. The molecule has 0 bridgehead atoms. The van der Waals surface area contributed by atoms with Gasteiger partial charge in [0, 0.05) is 78.6 Å². The SMILES string of the molecule is Nc1ncc(-c2ccc3cnc(NC(=O)c4ccnc(N5CCN(I)CC5)c4)cc3c2)s1. The van der Waals surface area contributed by atoms with Crippen molar-refractivity contribution in [2.45, 2.75) is 0 Å². The van der Waals surface area contributed by atoms with Crippen LogP contribution in [-0.4, -0.2) is 50.2 Å². The fraction of sp³-hybridized carbons (Fsp3) is 0.182. The molecular weight excluding hydrogens is 537 g/mol. The number of nitrogens with zero attached hydrogens (tertiary/aromatic N) is 5. The van der Waals surface area contributed by atoms with Crippen molar-refractivity contribution >= 4 is 67.6 Å². The Morgan fingerprint density at radius 1 is 1.00 bits per heavy atom. The second-order valence-corrected chi connectivity index (χ2v) is 9.87. The third-order valence-corrected chi connectivity index (χ3v) is 7.17. The number of amides is 1. The van der Waals surface area contributed by atoms with Crippen molar-refractivity contribution in [2.75, 3.05) is 42.1 Å². The number of hydrogen-bond acceptors (Lipinski definition) is 8. The quantitative estimate of drug-likeness (QED) is 0.289. The number of fused-ring (bicyclic) bond motifs is 1. The number of nitrogens with two attached hydrogens (primary N) is 1. The van der Waals surface area contributed by atoms with Crippen LogP contribution in [0.5, 0.6) is 0 Å². The molecule has 1 saturated heterocycles. The van der Waals surface area contributed by atoms with E-state index in [1.807, 2.05) is 24.3 Å². The van der Waals surface area contributed by atoms with Crippen molar-refractivity contribution in [1.29, 1.82) is 0 Å². The minimum Gasteiger partial charge on any atom is -0.375 e. The molecule has 0 aliphatic carbocycles. The first-order valence-corrected chi connectivity index (χ1v) is 11.9. The van der Waals surface area contributed by atoms with Crippen molar-refractivity contribution in [3.63, 3.8) is 0 Å². The molecule has 0 atom stereocenters. The smallest absolute Gasteiger partial charge is 0.257 e. The van der Waals surface area contributed by atoms with Crippen molar-refractivity contribution in [3.05, 3.63) is 60.6 Å². The number of carbonyl (C=O) groups excluding carboxylic acids is 1.